The zero-order valence-electron chi connectivity index (χ0n) is 9.89. The van der Waals surface area contributed by atoms with E-state index >= 15 is 0 Å². The van der Waals surface area contributed by atoms with E-state index < -0.39 is 0 Å². The predicted octanol–water partition coefficient (Wildman–Crippen LogP) is 2.03. The summed E-state index contributed by atoms with van der Waals surface area (Å²) in [4.78, 5) is 11.3. The van der Waals surface area contributed by atoms with Crippen LogP contribution >= 0.6 is 0 Å². The lowest BCUT2D eigenvalue weighted by Gasteiger charge is -2.09. The SMILES string of the molecule is CC(C)CNC(=O)CCCNC(C)C.[HH].[HH]. The molecule has 0 radical (unpaired) electrons. The van der Waals surface area contributed by atoms with Crippen LogP contribution in [0.25, 0.3) is 0 Å². The van der Waals surface area contributed by atoms with Gasteiger partial charge in [-0.05, 0) is 18.9 Å². The summed E-state index contributed by atoms with van der Waals surface area (Å²) in [6, 6.07) is 0.508. The highest BCUT2D eigenvalue weighted by Gasteiger charge is 2.01. The fourth-order valence-electron chi connectivity index (χ4n) is 1.05. The third-order valence-electron chi connectivity index (χ3n) is 1.84. The maximum absolute atomic E-state index is 11.3. The van der Waals surface area contributed by atoms with Gasteiger partial charge in [-0.3, -0.25) is 4.79 Å². The minimum atomic E-state index is 0. The molecule has 0 rings (SSSR count). The van der Waals surface area contributed by atoms with E-state index in [-0.39, 0.29) is 8.76 Å². The van der Waals surface area contributed by atoms with Gasteiger partial charge in [-0.15, -0.1) is 0 Å². The molecular formula is C11H28N2O. The van der Waals surface area contributed by atoms with Gasteiger partial charge in [0.2, 0.25) is 5.91 Å². The fourth-order valence-corrected chi connectivity index (χ4v) is 1.05. The minimum absolute atomic E-state index is 0. The van der Waals surface area contributed by atoms with Crippen molar-refractivity contribution in [1.82, 2.24) is 10.6 Å². The van der Waals surface area contributed by atoms with Crippen LogP contribution in [-0.4, -0.2) is 25.0 Å². The first-order chi connectivity index (χ1) is 6.52. The molecule has 88 valence electrons. The summed E-state index contributed by atoms with van der Waals surface area (Å²) >= 11 is 0. The van der Waals surface area contributed by atoms with Crippen molar-refractivity contribution in [2.45, 2.75) is 46.6 Å². The topological polar surface area (TPSA) is 41.1 Å². The van der Waals surface area contributed by atoms with E-state index in [0.29, 0.717) is 18.4 Å². The van der Waals surface area contributed by atoms with Gasteiger partial charge in [-0.2, -0.15) is 0 Å². The number of carbonyl (C=O) groups is 1. The second-order valence-corrected chi connectivity index (χ2v) is 4.41. The molecule has 0 aromatic carbocycles. The minimum Gasteiger partial charge on any atom is -0.356 e. The quantitative estimate of drug-likeness (QED) is 0.623. The van der Waals surface area contributed by atoms with Crippen LogP contribution in [0.15, 0.2) is 0 Å². The molecule has 0 aliphatic carbocycles. The third kappa shape index (κ3) is 9.52. The van der Waals surface area contributed by atoms with Gasteiger partial charge in [0.15, 0.2) is 0 Å². The fraction of sp³-hybridized carbons (Fsp3) is 0.909. The van der Waals surface area contributed by atoms with Crippen LogP contribution in [0.2, 0.25) is 0 Å². The molecule has 0 spiro atoms. The molecule has 2 N–H and O–H groups in total. The van der Waals surface area contributed by atoms with Gasteiger partial charge in [-0.25, -0.2) is 0 Å². The van der Waals surface area contributed by atoms with E-state index in [0.717, 1.165) is 19.5 Å². The summed E-state index contributed by atoms with van der Waals surface area (Å²) in [7, 11) is 0. The van der Waals surface area contributed by atoms with E-state index in [1.807, 2.05) is 0 Å². The molecule has 0 atom stereocenters. The molecular weight excluding hydrogens is 176 g/mol. The predicted molar refractivity (Wildman–Crippen MR) is 64.4 cm³/mol. The molecule has 0 saturated heterocycles. The van der Waals surface area contributed by atoms with Crippen molar-refractivity contribution in [3.05, 3.63) is 0 Å². The molecule has 14 heavy (non-hydrogen) atoms. The van der Waals surface area contributed by atoms with Gasteiger partial charge in [0, 0.05) is 21.9 Å². The molecule has 0 unspecified atom stereocenters. The van der Waals surface area contributed by atoms with Crippen LogP contribution in [0.4, 0.5) is 0 Å². The number of hydrogen-bond donors (Lipinski definition) is 2. The Balaban J connectivity index is -0.000000845. The average Bonchev–Trinajstić information content (AvgIpc) is 2.08. The van der Waals surface area contributed by atoms with E-state index in [2.05, 4.69) is 38.3 Å². The van der Waals surface area contributed by atoms with E-state index in [1.54, 1.807) is 0 Å². The monoisotopic (exact) mass is 204 g/mol. The summed E-state index contributed by atoms with van der Waals surface area (Å²) in [5, 5.41) is 6.19. The Hall–Kier alpha value is -0.570. The average molecular weight is 204 g/mol. The first kappa shape index (κ1) is 13.4. The van der Waals surface area contributed by atoms with Crippen molar-refractivity contribution in [1.29, 1.82) is 0 Å². The molecule has 0 saturated carbocycles. The molecule has 0 bridgehead atoms. The molecule has 0 aliphatic rings. The first-order valence-corrected chi connectivity index (χ1v) is 5.52. The largest absolute Gasteiger partial charge is 0.356 e. The second kappa shape index (κ2) is 7.80. The summed E-state index contributed by atoms with van der Waals surface area (Å²) in [5.41, 5.74) is 0. The summed E-state index contributed by atoms with van der Waals surface area (Å²) in [6.45, 7) is 10.1. The molecule has 0 heterocycles. The molecule has 3 nitrogen and oxygen atoms in total. The Bertz CT molecular complexity index is 164. The smallest absolute Gasteiger partial charge is 0.220 e. The Morgan fingerprint density at radius 2 is 1.93 bits per heavy atom. The van der Waals surface area contributed by atoms with Crippen molar-refractivity contribution in [2.24, 2.45) is 5.92 Å². The van der Waals surface area contributed by atoms with Gasteiger partial charge in [0.1, 0.15) is 0 Å². The summed E-state index contributed by atoms with van der Waals surface area (Å²) in [6.07, 6.45) is 1.55. The van der Waals surface area contributed by atoms with Crippen molar-refractivity contribution in [3.63, 3.8) is 0 Å². The third-order valence-corrected chi connectivity index (χ3v) is 1.84. The maximum Gasteiger partial charge on any atom is 0.220 e. The van der Waals surface area contributed by atoms with Gasteiger partial charge in [-0.1, -0.05) is 27.7 Å². The highest BCUT2D eigenvalue weighted by Crippen LogP contribution is 1.91. The Morgan fingerprint density at radius 3 is 2.43 bits per heavy atom. The molecule has 0 aliphatic heterocycles. The van der Waals surface area contributed by atoms with Gasteiger partial charge in [0.25, 0.3) is 0 Å². The van der Waals surface area contributed by atoms with Crippen LogP contribution < -0.4 is 10.6 Å². The number of hydrogen-bond acceptors (Lipinski definition) is 2. The zero-order valence-corrected chi connectivity index (χ0v) is 9.89. The lowest BCUT2D eigenvalue weighted by molar-refractivity contribution is -0.121. The molecule has 1 amide bonds. The highest BCUT2D eigenvalue weighted by atomic mass is 16.1. The highest BCUT2D eigenvalue weighted by molar-refractivity contribution is 5.75. The van der Waals surface area contributed by atoms with Crippen LogP contribution in [0, 0.1) is 5.92 Å². The van der Waals surface area contributed by atoms with Crippen LogP contribution in [0.1, 0.15) is 43.4 Å². The molecule has 0 fully saturated rings. The normalized spacial score (nSPS) is 11.0. The van der Waals surface area contributed by atoms with Gasteiger partial charge < -0.3 is 10.6 Å². The lowest BCUT2D eigenvalue weighted by atomic mass is 10.2. The van der Waals surface area contributed by atoms with Gasteiger partial charge in [0.05, 0.1) is 0 Å². The second-order valence-electron chi connectivity index (χ2n) is 4.41. The maximum atomic E-state index is 11.3. The van der Waals surface area contributed by atoms with Crippen molar-refractivity contribution >= 4 is 5.91 Å². The zero-order chi connectivity index (χ0) is 11.0. The van der Waals surface area contributed by atoms with Crippen molar-refractivity contribution in [2.75, 3.05) is 13.1 Å². The summed E-state index contributed by atoms with van der Waals surface area (Å²) < 4.78 is 0. The lowest BCUT2D eigenvalue weighted by Crippen LogP contribution is -2.29. The standard InChI is InChI=1S/C11H24N2O.2H2/c1-9(2)8-13-11(14)6-5-7-12-10(3)4;;/h9-10,12H,5-8H2,1-4H3,(H,13,14);2*1H. The van der Waals surface area contributed by atoms with E-state index in [1.165, 1.54) is 0 Å². The molecule has 3 heteroatoms. The number of carbonyl (C=O) groups excluding carboxylic acids is 1. The Morgan fingerprint density at radius 1 is 1.29 bits per heavy atom. The molecule has 0 aromatic rings. The van der Waals surface area contributed by atoms with E-state index in [9.17, 15) is 4.79 Å². The Kier molecular flexibility index (Phi) is 7.48. The molecule has 0 aromatic heterocycles. The first-order valence-electron chi connectivity index (χ1n) is 5.52. The number of nitrogens with one attached hydrogen (secondary N) is 2. The Labute approximate surface area is 90.6 Å². The van der Waals surface area contributed by atoms with Gasteiger partial charge >= 0.3 is 0 Å². The van der Waals surface area contributed by atoms with Crippen LogP contribution in [0.5, 0.6) is 0 Å². The summed E-state index contributed by atoms with van der Waals surface area (Å²) in [5.74, 6) is 0.706. The number of rotatable bonds is 7. The van der Waals surface area contributed by atoms with Crippen molar-refractivity contribution < 1.29 is 7.65 Å². The number of amides is 1. The van der Waals surface area contributed by atoms with Crippen molar-refractivity contribution in [3.8, 4) is 0 Å². The van der Waals surface area contributed by atoms with Crippen LogP contribution in [-0.2, 0) is 4.79 Å². The van der Waals surface area contributed by atoms with E-state index in [4.69, 9.17) is 0 Å². The van der Waals surface area contributed by atoms with Crippen LogP contribution in [0.3, 0.4) is 0 Å².